The lowest BCUT2D eigenvalue weighted by molar-refractivity contribution is 0.506. The second-order valence-corrected chi connectivity index (χ2v) is 23.7. The van der Waals surface area contributed by atoms with E-state index in [0.29, 0.717) is 0 Å². The maximum absolute atomic E-state index is 3.82. The van der Waals surface area contributed by atoms with Crippen molar-refractivity contribution in [2.24, 2.45) is 0 Å². The van der Waals surface area contributed by atoms with Crippen LogP contribution in [0.4, 0.5) is 0 Å². The minimum atomic E-state index is 1.21. The summed E-state index contributed by atoms with van der Waals surface area (Å²) in [5.74, 6) is 0. The Kier molecular flexibility index (Phi) is 67.5. The molecule has 0 heterocycles. The predicted molar refractivity (Wildman–Crippen MR) is 321 cm³/mol. The van der Waals surface area contributed by atoms with Crippen LogP contribution in [0.25, 0.3) is 0 Å². The van der Waals surface area contributed by atoms with Gasteiger partial charge < -0.3 is 0 Å². The molecule has 0 heteroatoms. The summed E-state index contributed by atoms with van der Waals surface area (Å²) in [5, 5.41) is 0. The SMILES string of the molecule is C=CCCCCCCCCCCCCCCCCCCCCCCCCCCCCCCCCCCCCCCCCCCCCCCCCCCCCCCCCCCCCCCCCCCC. The first-order chi connectivity index (χ1) is 34.4. The van der Waals surface area contributed by atoms with Crippen molar-refractivity contribution in [1.29, 1.82) is 0 Å². The summed E-state index contributed by atoms with van der Waals surface area (Å²) in [6.45, 7) is 6.14. The molecule has 0 aliphatic heterocycles. The van der Waals surface area contributed by atoms with E-state index in [1.807, 2.05) is 0 Å². The van der Waals surface area contributed by atoms with Crippen LogP contribution in [0.15, 0.2) is 12.7 Å². The lowest BCUT2D eigenvalue weighted by Gasteiger charge is -2.05. The van der Waals surface area contributed by atoms with Crippen LogP contribution in [-0.2, 0) is 0 Å². The van der Waals surface area contributed by atoms with Crippen LogP contribution in [-0.4, -0.2) is 0 Å². The van der Waals surface area contributed by atoms with Crippen molar-refractivity contribution in [1.82, 2.24) is 0 Å². The molecule has 0 bridgehead atoms. The molecule has 69 heavy (non-hydrogen) atoms. The van der Waals surface area contributed by atoms with Gasteiger partial charge in [0.05, 0.1) is 0 Å². The Labute approximate surface area is 441 Å². The molecule has 0 aromatic heterocycles. The first-order valence-electron chi connectivity index (χ1n) is 34.0. The Bertz CT molecular complexity index is 841. The standard InChI is InChI=1S/C69H138/c1-3-5-7-9-11-13-15-17-19-21-23-25-27-29-31-33-35-37-39-41-43-45-47-49-51-53-55-57-59-61-63-65-67-69-68-66-64-62-60-58-56-54-52-50-48-46-44-42-40-38-36-34-32-30-28-26-24-22-20-18-16-14-12-10-8-6-4-2/h3H,1,4-69H2,2H3. The van der Waals surface area contributed by atoms with E-state index in [1.165, 1.54) is 424 Å². The highest BCUT2D eigenvalue weighted by atomic mass is 14.1. The molecule has 0 spiro atoms. The van der Waals surface area contributed by atoms with E-state index in [0.717, 1.165) is 0 Å². The third-order valence-electron chi connectivity index (χ3n) is 16.5. The van der Waals surface area contributed by atoms with Crippen molar-refractivity contribution in [3.05, 3.63) is 12.7 Å². The number of hydrogen-bond acceptors (Lipinski definition) is 0. The molecule has 0 amide bonds. The summed E-state index contributed by atoms with van der Waals surface area (Å²) in [5.41, 5.74) is 0. The molecule has 0 aliphatic rings. The first kappa shape index (κ1) is 68.7. The molecule has 0 rings (SSSR count). The fourth-order valence-corrected chi connectivity index (χ4v) is 11.5. The van der Waals surface area contributed by atoms with Gasteiger partial charge in [0.25, 0.3) is 0 Å². The van der Waals surface area contributed by atoms with Crippen molar-refractivity contribution >= 4 is 0 Å². The number of hydrogen-bond donors (Lipinski definition) is 0. The second-order valence-electron chi connectivity index (χ2n) is 23.7. The third-order valence-corrected chi connectivity index (χ3v) is 16.5. The van der Waals surface area contributed by atoms with Crippen molar-refractivity contribution in [3.63, 3.8) is 0 Å². The smallest absolute Gasteiger partial charge is 0.0353 e. The fraction of sp³-hybridized carbons (Fsp3) is 0.971. The molecule has 0 N–H and O–H groups in total. The highest BCUT2D eigenvalue weighted by molar-refractivity contribution is 4.65. The van der Waals surface area contributed by atoms with E-state index in [-0.39, 0.29) is 0 Å². The first-order valence-corrected chi connectivity index (χ1v) is 34.0. The molecule has 0 nitrogen and oxygen atoms in total. The quantitative estimate of drug-likeness (QED) is 0.0421. The molecular weight excluding hydrogens is 829 g/mol. The molecule has 0 atom stereocenters. The van der Waals surface area contributed by atoms with Crippen LogP contribution in [0, 0.1) is 0 Å². The number of allylic oxidation sites excluding steroid dienone is 1. The fourth-order valence-electron chi connectivity index (χ4n) is 11.5. The van der Waals surface area contributed by atoms with Gasteiger partial charge in [-0.1, -0.05) is 424 Å². The Morgan fingerprint density at radius 3 is 0.319 bits per heavy atom. The van der Waals surface area contributed by atoms with Crippen molar-refractivity contribution in [2.75, 3.05) is 0 Å². The van der Waals surface area contributed by atoms with Gasteiger partial charge in [0.15, 0.2) is 0 Å². The Hall–Kier alpha value is -0.260. The van der Waals surface area contributed by atoms with Crippen LogP contribution in [0.1, 0.15) is 431 Å². The van der Waals surface area contributed by atoms with E-state index in [2.05, 4.69) is 19.6 Å². The van der Waals surface area contributed by atoms with E-state index in [1.54, 1.807) is 0 Å². The van der Waals surface area contributed by atoms with Gasteiger partial charge >= 0.3 is 0 Å². The molecule has 0 saturated carbocycles. The number of unbranched alkanes of at least 4 members (excludes halogenated alkanes) is 65. The molecule has 0 radical (unpaired) electrons. The van der Waals surface area contributed by atoms with Crippen LogP contribution in [0.2, 0.25) is 0 Å². The molecule has 414 valence electrons. The summed E-state index contributed by atoms with van der Waals surface area (Å²) >= 11 is 0. The van der Waals surface area contributed by atoms with Crippen LogP contribution >= 0.6 is 0 Å². The maximum atomic E-state index is 3.82. The normalized spacial score (nSPS) is 11.7. The molecule has 0 aromatic rings. The second kappa shape index (κ2) is 67.7. The Morgan fingerprint density at radius 1 is 0.145 bits per heavy atom. The van der Waals surface area contributed by atoms with Crippen LogP contribution < -0.4 is 0 Å². The zero-order valence-electron chi connectivity index (χ0n) is 49.0. The lowest BCUT2D eigenvalue weighted by atomic mass is 10.0. The monoisotopic (exact) mass is 967 g/mol. The van der Waals surface area contributed by atoms with E-state index >= 15 is 0 Å². The summed E-state index contributed by atoms with van der Waals surface area (Å²) in [6, 6.07) is 0. The van der Waals surface area contributed by atoms with Crippen LogP contribution in [0.5, 0.6) is 0 Å². The van der Waals surface area contributed by atoms with E-state index in [4.69, 9.17) is 0 Å². The van der Waals surface area contributed by atoms with Crippen molar-refractivity contribution in [3.8, 4) is 0 Å². The average molecular weight is 968 g/mol. The largest absolute Gasteiger partial charge is 0.103 e. The van der Waals surface area contributed by atoms with Gasteiger partial charge in [-0.05, 0) is 12.8 Å². The lowest BCUT2D eigenvalue weighted by Crippen LogP contribution is -1.85. The van der Waals surface area contributed by atoms with Gasteiger partial charge in [0.1, 0.15) is 0 Å². The van der Waals surface area contributed by atoms with Crippen molar-refractivity contribution in [2.45, 2.75) is 431 Å². The van der Waals surface area contributed by atoms with Gasteiger partial charge in [-0.3, -0.25) is 0 Å². The predicted octanol–water partition coefficient (Wildman–Crippen LogP) is 26.9. The van der Waals surface area contributed by atoms with E-state index < -0.39 is 0 Å². The van der Waals surface area contributed by atoms with Gasteiger partial charge in [0, 0.05) is 0 Å². The van der Waals surface area contributed by atoms with Crippen LogP contribution in [0.3, 0.4) is 0 Å². The Balaban J connectivity index is 3.07. The Morgan fingerprint density at radius 2 is 0.232 bits per heavy atom. The van der Waals surface area contributed by atoms with Gasteiger partial charge in [-0.25, -0.2) is 0 Å². The molecule has 0 saturated heterocycles. The molecular formula is C69H138. The highest BCUT2D eigenvalue weighted by Gasteiger charge is 2.01. The molecule has 0 aliphatic carbocycles. The van der Waals surface area contributed by atoms with Gasteiger partial charge in [0.2, 0.25) is 0 Å². The highest BCUT2D eigenvalue weighted by Crippen LogP contribution is 2.20. The minimum Gasteiger partial charge on any atom is -0.103 e. The van der Waals surface area contributed by atoms with Crippen molar-refractivity contribution < 1.29 is 0 Å². The summed E-state index contributed by atoms with van der Waals surface area (Å²) < 4.78 is 0. The van der Waals surface area contributed by atoms with Gasteiger partial charge in [-0.15, -0.1) is 6.58 Å². The zero-order valence-corrected chi connectivity index (χ0v) is 49.0. The summed E-state index contributed by atoms with van der Waals surface area (Å²) in [4.78, 5) is 0. The zero-order chi connectivity index (χ0) is 49.4. The summed E-state index contributed by atoms with van der Waals surface area (Å²) in [6.07, 6.45) is 99.9. The average Bonchev–Trinajstić information content (AvgIpc) is 3.36. The molecule has 0 aromatic carbocycles. The van der Waals surface area contributed by atoms with Gasteiger partial charge in [-0.2, -0.15) is 0 Å². The third kappa shape index (κ3) is 67.7. The topological polar surface area (TPSA) is 0 Å². The van der Waals surface area contributed by atoms with E-state index in [9.17, 15) is 0 Å². The number of rotatable bonds is 66. The maximum Gasteiger partial charge on any atom is -0.0353 e. The minimum absolute atomic E-state index is 1.21. The molecule has 0 fully saturated rings. The summed E-state index contributed by atoms with van der Waals surface area (Å²) in [7, 11) is 0. The molecule has 0 unspecified atom stereocenters.